The molecule has 1 radical (unpaired) electrons. The van der Waals surface area contributed by atoms with Crippen LogP contribution in [-0.4, -0.2) is 30.1 Å². The molecular weight excluding hydrogens is 172 g/mol. The van der Waals surface area contributed by atoms with E-state index in [1.165, 1.54) is 0 Å². The van der Waals surface area contributed by atoms with Gasteiger partial charge in [-0.2, -0.15) is 0 Å². The van der Waals surface area contributed by atoms with Crippen molar-refractivity contribution in [1.82, 2.24) is 0 Å². The highest BCUT2D eigenvalue weighted by molar-refractivity contribution is 6.60. The Balaban J connectivity index is 3.76. The Morgan fingerprint density at radius 2 is 1.58 bits per heavy atom. The van der Waals surface area contributed by atoms with Crippen LogP contribution in [0.15, 0.2) is 0 Å². The molecule has 0 rings (SSSR count). The van der Waals surface area contributed by atoms with Crippen molar-refractivity contribution < 1.29 is 13.3 Å². The molecule has 0 aromatic heterocycles. The number of hydrogen-bond acceptors (Lipinski definition) is 3. The standard InChI is InChI=1S/C8H19O3Si/c1-5-6-7-8-12(9-2,10-3)11-4/h6H,5,7-8H2,1-4H3. The van der Waals surface area contributed by atoms with Crippen LogP contribution < -0.4 is 0 Å². The summed E-state index contributed by atoms with van der Waals surface area (Å²) < 4.78 is 15.8. The quantitative estimate of drug-likeness (QED) is 0.454. The number of hydrogen-bond donors (Lipinski definition) is 0. The summed E-state index contributed by atoms with van der Waals surface area (Å²) in [6, 6.07) is 0.865. The zero-order valence-electron chi connectivity index (χ0n) is 8.42. The van der Waals surface area contributed by atoms with Crippen molar-refractivity contribution in [3.8, 4) is 0 Å². The van der Waals surface area contributed by atoms with Crippen LogP contribution in [0.1, 0.15) is 19.8 Å². The number of unbranched alkanes of at least 4 members (excludes halogenated alkanes) is 2. The maximum absolute atomic E-state index is 5.26. The summed E-state index contributed by atoms with van der Waals surface area (Å²) in [7, 11) is 2.65. The van der Waals surface area contributed by atoms with Crippen molar-refractivity contribution in [2.24, 2.45) is 0 Å². The van der Waals surface area contributed by atoms with E-state index in [1.807, 2.05) is 0 Å². The molecule has 0 aliphatic heterocycles. The highest BCUT2D eigenvalue weighted by Crippen LogP contribution is 2.16. The van der Waals surface area contributed by atoms with E-state index in [1.54, 1.807) is 21.3 Å². The monoisotopic (exact) mass is 191 g/mol. The zero-order valence-corrected chi connectivity index (χ0v) is 9.42. The molecule has 0 atom stereocenters. The molecule has 0 spiro atoms. The van der Waals surface area contributed by atoms with E-state index in [-0.39, 0.29) is 0 Å². The molecule has 0 saturated heterocycles. The minimum Gasteiger partial charge on any atom is -0.377 e. The van der Waals surface area contributed by atoms with Gasteiger partial charge >= 0.3 is 8.80 Å². The van der Waals surface area contributed by atoms with Crippen LogP contribution in [0.5, 0.6) is 0 Å². The first kappa shape index (κ1) is 12.1. The molecule has 0 fully saturated rings. The largest absolute Gasteiger partial charge is 0.500 e. The average molecular weight is 191 g/mol. The molecule has 0 N–H and O–H groups in total. The van der Waals surface area contributed by atoms with E-state index >= 15 is 0 Å². The third-order valence-electron chi connectivity index (χ3n) is 1.88. The van der Waals surface area contributed by atoms with Crippen molar-refractivity contribution in [1.29, 1.82) is 0 Å². The van der Waals surface area contributed by atoms with E-state index in [9.17, 15) is 0 Å². The predicted molar refractivity (Wildman–Crippen MR) is 50.8 cm³/mol. The third-order valence-corrected chi connectivity index (χ3v) is 4.64. The van der Waals surface area contributed by atoms with Crippen molar-refractivity contribution in [3.63, 3.8) is 0 Å². The average Bonchev–Trinajstić information content (AvgIpc) is 2.14. The van der Waals surface area contributed by atoms with Gasteiger partial charge in [-0.15, -0.1) is 0 Å². The summed E-state index contributed by atoms with van der Waals surface area (Å²) in [5.41, 5.74) is 0. The predicted octanol–water partition coefficient (Wildman–Crippen LogP) is 1.87. The fourth-order valence-electron chi connectivity index (χ4n) is 1.04. The fourth-order valence-corrected chi connectivity index (χ4v) is 2.71. The second kappa shape index (κ2) is 6.60. The molecule has 73 valence electrons. The highest BCUT2D eigenvalue weighted by Gasteiger charge is 2.36. The molecule has 0 amide bonds. The lowest BCUT2D eigenvalue weighted by molar-refractivity contribution is 0.123. The van der Waals surface area contributed by atoms with Crippen LogP contribution in [0, 0.1) is 6.42 Å². The van der Waals surface area contributed by atoms with Crippen LogP contribution in [0.2, 0.25) is 6.04 Å². The van der Waals surface area contributed by atoms with Crippen LogP contribution in [0.3, 0.4) is 0 Å². The lowest BCUT2D eigenvalue weighted by Crippen LogP contribution is -2.42. The SMILES string of the molecule is CC[CH]CC[Si](OC)(OC)OC. The van der Waals surface area contributed by atoms with E-state index in [0.717, 1.165) is 18.9 Å². The van der Waals surface area contributed by atoms with Gasteiger partial charge in [0.25, 0.3) is 0 Å². The number of rotatable bonds is 7. The van der Waals surface area contributed by atoms with Gasteiger partial charge in [0.05, 0.1) is 0 Å². The van der Waals surface area contributed by atoms with E-state index in [0.29, 0.717) is 0 Å². The van der Waals surface area contributed by atoms with Crippen molar-refractivity contribution >= 4 is 8.80 Å². The normalized spacial score (nSPS) is 12.0. The highest BCUT2D eigenvalue weighted by atomic mass is 28.4. The third kappa shape index (κ3) is 3.67. The van der Waals surface area contributed by atoms with Gasteiger partial charge in [-0.3, -0.25) is 0 Å². The van der Waals surface area contributed by atoms with Crippen molar-refractivity contribution in [2.75, 3.05) is 21.3 Å². The molecule has 0 bridgehead atoms. The second-order valence-electron chi connectivity index (χ2n) is 2.53. The molecule has 0 aliphatic rings. The first-order valence-corrected chi connectivity index (χ1v) is 6.15. The molecule has 0 aromatic rings. The first-order valence-electron chi connectivity index (χ1n) is 4.21. The van der Waals surface area contributed by atoms with Crippen LogP contribution >= 0.6 is 0 Å². The Morgan fingerprint density at radius 1 is 1.08 bits per heavy atom. The molecular formula is C8H19O3Si. The molecule has 3 nitrogen and oxygen atoms in total. The summed E-state index contributed by atoms with van der Waals surface area (Å²) >= 11 is 0. The second-order valence-corrected chi connectivity index (χ2v) is 5.62. The van der Waals surface area contributed by atoms with E-state index in [2.05, 4.69) is 13.3 Å². The summed E-state index contributed by atoms with van der Waals surface area (Å²) in [6.07, 6.45) is 4.29. The maximum Gasteiger partial charge on any atom is 0.500 e. The smallest absolute Gasteiger partial charge is 0.377 e. The Kier molecular flexibility index (Phi) is 6.65. The van der Waals surface area contributed by atoms with Crippen molar-refractivity contribution in [3.05, 3.63) is 6.42 Å². The van der Waals surface area contributed by atoms with Gasteiger partial charge in [-0.05, 0) is 12.8 Å². The van der Waals surface area contributed by atoms with E-state index in [4.69, 9.17) is 13.3 Å². The minimum atomic E-state index is -2.29. The van der Waals surface area contributed by atoms with Crippen molar-refractivity contribution in [2.45, 2.75) is 25.8 Å². The Morgan fingerprint density at radius 3 is 1.92 bits per heavy atom. The minimum absolute atomic E-state index is 0.865. The molecule has 0 saturated carbocycles. The molecule has 12 heavy (non-hydrogen) atoms. The topological polar surface area (TPSA) is 27.7 Å². The fraction of sp³-hybridized carbons (Fsp3) is 0.875. The molecule has 0 unspecified atom stereocenters. The Labute approximate surface area is 76.4 Å². The lowest BCUT2D eigenvalue weighted by Gasteiger charge is -2.23. The molecule has 0 aromatic carbocycles. The van der Waals surface area contributed by atoms with Gasteiger partial charge in [0, 0.05) is 27.4 Å². The van der Waals surface area contributed by atoms with Gasteiger partial charge in [-0.1, -0.05) is 13.3 Å². The lowest BCUT2D eigenvalue weighted by atomic mass is 10.3. The van der Waals surface area contributed by atoms with Gasteiger partial charge in [0.15, 0.2) is 0 Å². The van der Waals surface area contributed by atoms with Gasteiger partial charge in [0.2, 0.25) is 0 Å². The Bertz CT molecular complexity index is 96.2. The summed E-state index contributed by atoms with van der Waals surface area (Å²) in [5, 5.41) is 0. The maximum atomic E-state index is 5.26. The van der Waals surface area contributed by atoms with Crippen LogP contribution in [0.25, 0.3) is 0 Å². The van der Waals surface area contributed by atoms with E-state index < -0.39 is 8.80 Å². The zero-order chi connectivity index (χ0) is 9.45. The van der Waals surface area contributed by atoms with Gasteiger partial charge in [0.1, 0.15) is 0 Å². The first-order chi connectivity index (χ1) is 5.74. The molecule has 0 aliphatic carbocycles. The Hall–Kier alpha value is 0.0969. The molecule has 4 heteroatoms. The van der Waals surface area contributed by atoms with Gasteiger partial charge < -0.3 is 13.3 Å². The van der Waals surface area contributed by atoms with Crippen LogP contribution in [0.4, 0.5) is 0 Å². The van der Waals surface area contributed by atoms with Gasteiger partial charge in [-0.25, -0.2) is 0 Å². The van der Waals surface area contributed by atoms with Crippen LogP contribution in [-0.2, 0) is 13.3 Å². The summed E-state index contributed by atoms with van der Waals surface area (Å²) in [5.74, 6) is 0. The molecule has 0 heterocycles. The summed E-state index contributed by atoms with van der Waals surface area (Å²) in [6.45, 7) is 2.12. The summed E-state index contributed by atoms with van der Waals surface area (Å²) in [4.78, 5) is 0.